The normalized spacial score (nSPS) is 14.5. The van der Waals surface area contributed by atoms with E-state index in [0.717, 1.165) is 54.0 Å². The Morgan fingerprint density at radius 2 is 1.62 bits per heavy atom. The van der Waals surface area contributed by atoms with E-state index in [1.807, 2.05) is 47.3 Å². The first kappa shape index (κ1) is 24.9. The van der Waals surface area contributed by atoms with Crippen LogP contribution in [0.15, 0.2) is 85.1 Å². The molecule has 0 radical (unpaired) electrons. The summed E-state index contributed by atoms with van der Waals surface area (Å²) in [7, 11) is 0. The molecule has 1 saturated heterocycles. The molecule has 190 valence electrons. The lowest BCUT2D eigenvalue weighted by Gasteiger charge is -2.31. The van der Waals surface area contributed by atoms with Crippen molar-refractivity contribution in [1.82, 2.24) is 20.0 Å². The Morgan fingerprint density at radius 3 is 2.32 bits per heavy atom. The highest BCUT2D eigenvalue weighted by Crippen LogP contribution is 2.31. The van der Waals surface area contributed by atoms with Gasteiger partial charge in [0.2, 0.25) is 5.91 Å². The van der Waals surface area contributed by atoms with Gasteiger partial charge in [0, 0.05) is 30.1 Å². The molecule has 1 aromatic heterocycles. The van der Waals surface area contributed by atoms with Gasteiger partial charge in [-0.25, -0.2) is 9.07 Å². The smallest absolute Gasteiger partial charge is 0.223 e. The van der Waals surface area contributed by atoms with Crippen LogP contribution in [0.25, 0.3) is 28.1 Å². The van der Waals surface area contributed by atoms with Gasteiger partial charge >= 0.3 is 0 Å². The lowest BCUT2D eigenvalue weighted by atomic mass is 9.95. The maximum Gasteiger partial charge on any atom is 0.223 e. The van der Waals surface area contributed by atoms with Crippen molar-refractivity contribution in [3.63, 3.8) is 0 Å². The summed E-state index contributed by atoms with van der Waals surface area (Å²) >= 11 is 0. The van der Waals surface area contributed by atoms with Gasteiger partial charge in [-0.05, 0) is 61.3 Å². The van der Waals surface area contributed by atoms with E-state index in [4.69, 9.17) is 5.11 Å². The number of aliphatic hydroxyl groups is 1. The molecule has 1 aliphatic rings. The fourth-order valence-corrected chi connectivity index (χ4v) is 4.98. The van der Waals surface area contributed by atoms with Crippen molar-refractivity contribution in [3.8, 4) is 28.1 Å². The highest BCUT2D eigenvalue weighted by molar-refractivity contribution is 5.78. The zero-order valence-electron chi connectivity index (χ0n) is 20.7. The van der Waals surface area contributed by atoms with Crippen LogP contribution in [0.3, 0.4) is 0 Å². The van der Waals surface area contributed by atoms with E-state index in [1.165, 1.54) is 6.07 Å². The van der Waals surface area contributed by atoms with Crippen LogP contribution < -0.4 is 5.32 Å². The van der Waals surface area contributed by atoms with Gasteiger partial charge < -0.3 is 10.4 Å². The molecule has 2 heterocycles. The monoisotopic (exact) mass is 498 g/mol. The predicted octanol–water partition coefficient (Wildman–Crippen LogP) is 4.67. The van der Waals surface area contributed by atoms with E-state index in [9.17, 15) is 4.79 Å². The number of hydrogen-bond acceptors (Lipinski definition) is 4. The number of piperidine rings is 1. The number of benzene rings is 3. The molecule has 0 bridgehead atoms. The molecule has 0 saturated carbocycles. The van der Waals surface area contributed by atoms with E-state index in [-0.39, 0.29) is 30.8 Å². The maximum atomic E-state index is 15.0. The number of rotatable bonds is 8. The van der Waals surface area contributed by atoms with Gasteiger partial charge in [0.1, 0.15) is 5.82 Å². The third kappa shape index (κ3) is 5.63. The van der Waals surface area contributed by atoms with Crippen molar-refractivity contribution < 1.29 is 14.3 Å². The Labute approximate surface area is 216 Å². The van der Waals surface area contributed by atoms with Gasteiger partial charge in [0.25, 0.3) is 0 Å². The summed E-state index contributed by atoms with van der Waals surface area (Å²) in [4.78, 5) is 14.6. The van der Waals surface area contributed by atoms with Crippen LogP contribution in [0.2, 0.25) is 0 Å². The van der Waals surface area contributed by atoms with Gasteiger partial charge in [-0.1, -0.05) is 54.6 Å². The minimum atomic E-state index is -0.286. The Balaban J connectivity index is 1.40. The molecule has 2 N–H and O–H groups in total. The number of amides is 1. The van der Waals surface area contributed by atoms with Gasteiger partial charge in [-0.3, -0.25) is 9.69 Å². The summed E-state index contributed by atoms with van der Waals surface area (Å²) in [6.07, 6.45) is 3.33. The number of hydrogen-bond donors (Lipinski definition) is 2. The summed E-state index contributed by atoms with van der Waals surface area (Å²) in [5, 5.41) is 16.4. The summed E-state index contributed by atoms with van der Waals surface area (Å²) in [5.41, 5.74) is 5.31. The molecule has 0 spiro atoms. The van der Waals surface area contributed by atoms with Crippen LogP contribution in [0, 0.1) is 11.7 Å². The molecule has 3 aromatic carbocycles. The molecule has 1 amide bonds. The molecule has 5 rings (SSSR count). The van der Waals surface area contributed by atoms with Crippen molar-refractivity contribution in [2.75, 3.05) is 26.2 Å². The van der Waals surface area contributed by atoms with Crippen LogP contribution in [0.4, 0.5) is 4.39 Å². The largest absolute Gasteiger partial charge is 0.395 e. The minimum Gasteiger partial charge on any atom is -0.395 e. The second kappa shape index (κ2) is 11.5. The van der Waals surface area contributed by atoms with Crippen LogP contribution in [0.1, 0.15) is 18.4 Å². The first-order chi connectivity index (χ1) is 18.1. The number of carbonyl (C=O) groups is 1. The quantitative estimate of drug-likeness (QED) is 0.371. The number of aromatic nitrogens is 2. The lowest BCUT2D eigenvalue weighted by molar-refractivity contribution is -0.126. The van der Waals surface area contributed by atoms with E-state index >= 15 is 4.39 Å². The zero-order chi connectivity index (χ0) is 25.6. The second-order valence-electron chi connectivity index (χ2n) is 9.39. The SMILES string of the molecule is O=C(NCCO)C1CCN(Cc2cnn(-c3ccc(-c4ccccc4)cc3)c2-c2ccccc2F)CC1. The fourth-order valence-electron chi connectivity index (χ4n) is 4.98. The average molecular weight is 499 g/mol. The summed E-state index contributed by atoms with van der Waals surface area (Å²) in [5.74, 6) is -0.321. The number of nitrogens with one attached hydrogen (secondary N) is 1. The van der Waals surface area contributed by atoms with Gasteiger partial charge in [0.15, 0.2) is 0 Å². The van der Waals surface area contributed by atoms with Crippen molar-refractivity contribution in [2.45, 2.75) is 19.4 Å². The number of likely N-dealkylation sites (tertiary alicyclic amines) is 1. The van der Waals surface area contributed by atoms with Gasteiger partial charge in [-0.2, -0.15) is 5.10 Å². The van der Waals surface area contributed by atoms with Crippen LogP contribution >= 0.6 is 0 Å². The molecule has 4 aromatic rings. The van der Waals surface area contributed by atoms with Crippen LogP contribution in [-0.4, -0.2) is 51.9 Å². The van der Waals surface area contributed by atoms with Crippen molar-refractivity contribution >= 4 is 5.91 Å². The lowest BCUT2D eigenvalue weighted by Crippen LogP contribution is -2.40. The molecule has 1 aliphatic heterocycles. The van der Waals surface area contributed by atoms with Gasteiger partial charge in [-0.15, -0.1) is 0 Å². The van der Waals surface area contributed by atoms with Crippen LogP contribution in [0.5, 0.6) is 0 Å². The van der Waals surface area contributed by atoms with Crippen molar-refractivity contribution in [2.24, 2.45) is 5.92 Å². The number of carbonyl (C=O) groups excluding carboxylic acids is 1. The molecule has 0 atom stereocenters. The summed E-state index contributed by atoms with van der Waals surface area (Å²) < 4.78 is 16.8. The highest BCUT2D eigenvalue weighted by atomic mass is 19.1. The molecule has 7 heteroatoms. The van der Waals surface area contributed by atoms with Crippen molar-refractivity contribution in [3.05, 3.63) is 96.4 Å². The maximum absolute atomic E-state index is 15.0. The van der Waals surface area contributed by atoms with Gasteiger partial charge in [0.05, 0.1) is 24.2 Å². The Kier molecular flexibility index (Phi) is 7.73. The van der Waals surface area contributed by atoms with E-state index in [0.29, 0.717) is 12.1 Å². The third-order valence-corrected chi connectivity index (χ3v) is 6.96. The summed E-state index contributed by atoms with van der Waals surface area (Å²) in [6, 6.07) is 25.1. The highest BCUT2D eigenvalue weighted by Gasteiger charge is 2.26. The fraction of sp³-hybridized carbons (Fsp3) is 0.267. The van der Waals surface area contributed by atoms with Crippen LogP contribution in [-0.2, 0) is 11.3 Å². The molecule has 37 heavy (non-hydrogen) atoms. The number of nitrogens with zero attached hydrogens (tertiary/aromatic N) is 3. The standard InChI is InChI=1S/C30H31FN4O2/c31-28-9-5-4-8-27(28)29-25(21-34-17-14-24(15-18-34)30(37)32-16-19-36)20-33-35(29)26-12-10-23(11-13-26)22-6-2-1-3-7-22/h1-13,20,24,36H,14-19,21H2,(H,32,37). The average Bonchev–Trinajstić information content (AvgIpc) is 3.36. The predicted molar refractivity (Wildman–Crippen MR) is 142 cm³/mol. The summed E-state index contributed by atoms with van der Waals surface area (Å²) in [6.45, 7) is 2.39. The Bertz CT molecular complexity index is 1330. The van der Waals surface area contributed by atoms with E-state index in [1.54, 1.807) is 12.1 Å². The topological polar surface area (TPSA) is 70.4 Å². The number of aliphatic hydroxyl groups excluding tert-OH is 1. The molecule has 1 fully saturated rings. The zero-order valence-corrected chi connectivity index (χ0v) is 20.7. The molecule has 6 nitrogen and oxygen atoms in total. The number of halogens is 1. The van der Waals surface area contributed by atoms with E-state index < -0.39 is 0 Å². The first-order valence-corrected chi connectivity index (χ1v) is 12.7. The molecular weight excluding hydrogens is 467 g/mol. The van der Waals surface area contributed by atoms with Crippen molar-refractivity contribution in [1.29, 1.82) is 0 Å². The molecule has 0 unspecified atom stereocenters. The molecule has 0 aliphatic carbocycles. The first-order valence-electron chi connectivity index (χ1n) is 12.7. The third-order valence-electron chi connectivity index (χ3n) is 6.96. The second-order valence-corrected chi connectivity index (χ2v) is 9.39. The van der Waals surface area contributed by atoms with E-state index in [2.05, 4.69) is 39.6 Å². The molecular formula is C30H31FN4O2. The Morgan fingerprint density at radius 1 is 0.946 bits per heavy atom. The Hall–Kier alpha value is -3.81. The minimum absolute atomic E-state index is 0.00696.